The third-order valence-electron chi connectivity index (χ3n) is 3.20. The number of nitrogens with zero attached hydrogens (tertiary/aromatic N) is 2. The molecule has 4 rings (SSSR count). The number of para-hydroxylation sites is 1. The Morgan fingerprint density at radius 1 is 1.19 bits per heavy atom. The molecule has 5 nitrogen and oxygen atoms in total. The Morgan fingerprint density at radius 3 is 2.81 bits per heavy atom. The number of thiophene rings is 1. The number of aromatic nitrogens is 2. The van der Waals surface area contributed by atoms with Gasteiger partial charge in [-0.3, -0.25) is 14.2 Å². The largest absolute Gasteiger partial charge is 0.322 e. The molecule has 7 heteroatoms. The Balaban J connectivity index is 1.97. The minimum atomic E-state index is -0.111. The molecular weight excluding hydrogens is 306 g/mol. The summed E-state index contributed by atoms with van der Waals surface area (Å²) in [6.07, 6.45) is 1.51. The summed E-state index contributed by atoms with van der Waals surface area (Å²) in [6, 6.07) is 9.37. The molecule has 1 N–H and O–H groups in total. The fourth-order valence-electron chi connectivity index (χ4n) is 2.24. The number of thioether (sulfide) groups is 1. The Kier molecular flexibility index (Phi) is 2.83. The smallest absolute Gasteiger partial charge is 0.275 e. The van der Waals surface area contributed by atoms with Crippen LogP contribution in [0.3, 0.4) is 0 Å². The lowest BCUT2D eigenvalue weighted by atomic mass is 10.3. The minimum absolute atomic E-state index is 0.0544. The SMILES string of the molecule is O=C1CSc2sc3c(=O)n(-c4ccccc4)cnc3c2N1. The number of hydrogen-bond donors (Lipinski definition) is 1. The molecule has 21 heavy (non-hydrogen) atoms. The topological polar surface area (TPSA) is 64.0 Å². The van der Waals surface area contributed by atoms with Crippen LogP contribution in [0, 0.1) is 0 Å². The fraction of sp³-hybridized carbons (Fsp3) is 0.0714. The van der Waals surface area contributed by atoms with Crippen molar-refractivity contribution in [2.45, 2.75) is 4.21 Å². The lowest BCUT2D eigenvalue weighted by Gasteiger charge is -2.11. The maximum atomic E-state index is 12.6. The van der Waals surface area contributed by atoms with Gasteiger partial charge in [-0.05, 0) is 12.1 Å². The number of amides is 1. The van der Waals surface area contributed by atoms with E-state index in [1.54, 1.807) is 0 Å². The normalized spacial score (nSPS) is 14.0. The number of carbonyl (C=O) groups excluding carboxylic acids is 1. The molecule has 1 aromatic carbocycles. The number of carbonyl (C=O) groups is 1. The maximum absolute atomic E-state index is 12.6. The van der Waals surface area contributed by atoms with Crippen LogP contribution in [-0.2, 0) is 4.79 Å². The molecule has 1 aliphatic rings. The molecule has 1 aliphatic heterocycles. The molecule has 3 aromatic rings. The molecule has 0 saturated heterocycles. The monoisotopic (exact) mass is 315 g/mol. The second-order valence-electron chi connectivity index (χ2n) is 4.53. The second kappa shape index (κ2) is 4.71. The summed E-state index contributed by atoms with van der Waals surface area (Å²) in [5, 5.41) is 2.81. The van der Waals surface area contributed by atoms with Gasteiger partial charge in [0.05, 0.1) is 21.3 Å². The van der Waals surface area contributed by atoms with Crippen LogP contribution in [0.1, 0.15) is 0 Å². The van der Waals surface area contributed by atoms with Crippen LogP contribution in [-0.4, -0.2) is 21.2 Å². The van der Waals surface area contributed by atoms with Gasteiger partial charge in [0.25, 0.3) is 5.56 Å². The van der Waals surface area contributed by atoms with Crippen LogP contribution in [0.25, 0.3) is 15.9 Å². The van der Waals surface area contributed by atoms with E-state index in [0.717, 1.165) is 9.90 Å². The molecule has 1 amide bonds. The van der Waals surface area contributed by atoms with Crippen LogP contribution < -0.4 is 10.9 Å². The number of rotatable bonds is 1. The summed E-state index contributed by atoms with van der Waals surface area (Å²) in [4.78, 5) is 28.5. The number of nitrogens with one attached hydrogen (secondary N) is 1. The number of hydrogen-bond acceptors (Lipinski definition) is 5. The molecule has 0 aliphatic carbocycles. The van der Waals surface area contributed by atoms with Crippen LogP contribution in [0.4, 0.5) is 5.69 Å². The summed E-state index contributed by atoms with van der Waals surface area (Å²) in [6.45, 7) is 0. The predicted octanol–water partition coefficient (Wildman–Crippen LogP) is 2.49. The molecule has 3 heterocycles. The van der Waals surface area contributed by atoms with E-state index in [1.165, 1.54) is 34.0 Å². The van der Waals surface area contributed by atoms with E-state index in [0.29, 0.717) is 21.7 Å². The first kappa shape index (κ1) is 12.6. The molecule has 2 aromatic heterocycles. The first-order valence-electron chi connectivity index (χ1n) is 6.26. The highest BCUT2D eigenvalue weighted by Gasteiger charge is 2.23. The van der Waals surface area contributed by atoms with E-state index < -0.39 is 0 Å². The zero-order chi connectivity index (χ0) is 14.4. The lowest BCUT2D eigenvalue weighted by molar-refractivity contribution is -0.113. The molecule has 0 bridgehead atoms. The van der Waals surface area contributed by atoms with Crippen molar-refractivity contribution in [1.82, 2.24) is 9.55 Å². The van der Waals surface area contributed by atoms with Crippen molar-refractivity contribution in [3.8, 4) is 5.69 Å². The van der Waals surface area contributed by atoms with Crippen molar-refractivity contribution in [2.24, 2.45) is 0 Å². The number of anilines is 1. The molecule has 0 saturated carbocycles. The third-order valence-corrected chi connectivity index (χ3v) is 5.64. The van der Waals surface area contributed by atoms with Crippen LogP contribution in [0.15, 0.2) is 45.7 Å². The van der Waals surface area contributed by atoms with Crippen molar-refractivity contribution in [2.75, 3.05) is 11.1 Å². The highest BCUT2D eigenvalue weighted by Crippen LogP contribution is 2.42. The summed E-state index contributed by atoms with van der Waals surface area (Å²) in [5.74, 6) is 0.327. The van der Waals surface area contributed by atoms with Crippen molar-refractivity contribution in [1.29, 1.82) is 0 Å². The van der Waals surface area contributed by atoms with E-state index in [9.17, 15) is 9.59 Å². The molecule has 0 radical (unpaired) electrons. The second-order valence-corrected chi connectivity index (χ2v) is 6.80. The van der Waals surface area contributed by atoms with Crippen LogP contribution in [0.5, 0.6) is 0 Å². The molecule has 0 spiro atoms. The average Bonchev–Trinajstić information content (AvgIpc) is 2.87. The zero-order valence-corrected chi connectivity index (χ0v) is 12.3. The standard InChI is InChI=1S/C14H9N3O2S2/c18-9-6-20-14-11(16-9)10-12(21-14)13(19)17(7-15-10)8-4-2-1-3-5-8/h1-5,7H,6H2,(H,16,18). The van der Waals surface area contributed by atoms with Gasteiger partial charge in [0.1, 0.15) is 16.5 Å². The van der Waals surface area contributed by atoms with Gasteiger partial charge < -0.3 is 5.32 Å². The predicted molar refractivity (Wildman–Crippen MR) is 84.6 cm³/mol. The maximum Gasteiger partial charge on any atom is 0.275 e. The van der Waals surface area contributed by atoms with Gasteiger partial charge in [-0.1, -0.05) is 18.2 Å². The van der Waals surface area contributed by atoms with Gasteiger partial charge in [-0.25, -0.2) is 4.98 Å². The summed E-state index contributed by atoms with van der Waals surface area (Å²) < 4.78 is 3.04. The van der Waals surface area contributed by atoms with Gasteiger partial charge >= 0.3 is 0 Å². The highest BCUT2D eigenvalue weighted by atomic mass is 32.2. The Morgan fingerprint density at radius 2 is 2.00 bits per heavy atom. The van der Waals surface area contributed by atoms with Gasteiger partial charge in [-0.2, -0.15) is 0 Å². The van der Waals surface area contributed by atoms with Crippen molar-refractivity contribution in [3.63, 3.8) is 0 Å². The Bertz CT molecular complexity index is 915. The average molecular weight is 315 g/mol. The first-order chi connectivity index (χ1) is 10.2. The van der Waals surface area contributed by atoms with E-state index >= 15 is 0 Å². The quantitative estimate of drug-likeness (QED) is 0.749. The van der Waals surface area contributed by atoms with Crippen molar-refractivity contribution < 1.29 is 4.79 Å². The molecule has 0 fully saturated rings. The third kappa shape index (κ3) is 1.97. The fourth-order valence-corrected chi connectivity index (χ4v) is 4.40. The van der Waals surface area contributed by atoms with Crippen LogP contribution in [0.2, 0.25) is 0 Å². The van der Waals surface area contributed by atoms with E-state index in [1.807, 2.05) is 30.3 Å². The Labute approximate surface area is 127 Å². The first-order valence-corrected chi connectivity index (χ1v) is 8.06. The van der Waals surface area contributed by atoms with Crippen molar-refractivity contribution >= 4 is 44.9 Å². The van der Waals surface area contributed by atoms with Gasteiger partial charge in [-0.15, -0.1) is 23.1 Å². The minimum Gasteiger partial charge on any atom is -0.322 e. The highest BCUT2D eigenvalue weighted by molar-refractivity contribution is 8.02. The van der Waals surface area contributed by atoms with E-state index in [-0.39, 0.29) is 11.5 Å². The van der Waals surface area contributed by atoms with Gasteiger partial charge in [0.15, 0.2) is 0 Å². The van der Waals surface area contributed by atoms with E-state index in [4.69, 9.17) is 0 Å². The number of benzene rings is 1. The van der Waals surface area contributed by atoms with Crippen LogP contribution >= 0.6 is 23.1 Å². The van der Waals surface area contributed by atoms with Gasteiger partial charge in [0, 0.05) is 0 Å². The van der Waals surface area contributed by atoms with Crippen molar-refractivity contribution in [3.05, 3.63) is 47.0 Å². The summed E-state index contributed by atoms with van der Waals surface area (Å²) in [5.41, 5.74) is 1.92. The van der Waals surface area contributed by atoms with E-state index in [2.05, 4.69) is 10.3 Å². The molecule has 0 atom stereocenters. The summed E-state index contributed by atoms with van der Waals surface area (Å²) >= 11 is 2.84. The molecular formula is C14H9N3O2S2. The molecule has 0 unspecified atom stereocenters. The number of fused-ring (bicyclic) bond motifs is 3. The molecule has 104 valence electrons. The summed E-state index contributed by atoms with van der Waals surface area (Å²) in [7, 11) is 0. The Hall–Kier alpha value is -2.12. The lowest BCUT2D eigenvalue weighted by Crippen LogP contribution is -2.19. The van der Waals surface area contributed by atoms with Gasteiger partial charge in [0.2, 0.25) is 5.91 Å². The zero-order valence-electron chi connectivity index (χ0n) is 10.7.